The molecular weight excluding hydrogens is 423 g/mol. The van der Waals surface area contributed by atoms with Crippen LogP contribution in [0.2, 0.25) is 0 Å². The highest BCUT2D eigenvalue weighted by atomic mass is 32.2. The van der Waals surface area contributed by atoms with Crippen molar-refractivity contribution in [1.29, 1.82) is 0 Å². The van der Waals surface area contributed by atoms with Gasteiger partial charge in [-0.2, -0.15) is 4.31 Å². The van der Waals surface area contributed by atoms with E-state index < -0.39 is 15.8 Å². The monoisotopic (exact) mass is 444 g/mol. The van der Waals surface area contributed by atoms with E-state index in [0.29, 0.717) is 28.6 Å². The summed E-state index contributed by atoms with van der Waals surface area (Å²) >= 11 is 0. The molecule has 0 bridgehead atoms. The van der Waals surface area contributed by atoms with Gasteiger partial charge < -0.3 is 14.2 Å². The molecule has 1 aliphatic rings. The molecule has 2 aromatic carbocycles. The van der Waals surface area contributed by atoms with E-state index in [1.807, 2.05) is 18.2 Å². The second-order valence-electron chi connectivity index (χ2n) is 6.88. The molecule has 31 heavy (non-hydrogen) atoms. The van der Waals surface area contributed by atoms with Crippen LogP contribution in [-0.4, -0.2) is 45.1 Å². The maximum Gasteiger partial charge on any atom is 0.243 e. The Morgan fingerprint density at radius 2 is 1.87 bits per heavy atom. The number of fused-ring (bicyclic) bond motifs is 1. The number of halogens is 1. The van der Waals surface area contributed by atoms with Crippen molar-refractivity contribution >= 4 is 10.0 Å². The fourth-order valence-corrected chi connectivity index (χ4v) is 4.86. The molecule has 0 atom stereocenters. The summed E-state index contributed by atoms with van der Waals surface area (Å²) in [5.74, 6) is 0.798. The zero-order chi connectivity index (χ0) is 22.0. The minimum Gasteiger partial charge on any atom is -0.493 e. The van der Waals surface area contributed by atoms with E-state index in [4.69, 9.17) is 14.2 Å². The summed E-state index contributed by atoms with van der Waals surface area (Å²) in [5.41, 5.74) is 1.99. The highest BCUT2D eigenvalue weighted by molar-refractivity contribution is 7.89. The van der Waals surface area contributed by atoms with Crippen molar-refractivity contribution in [3.05, 3.63) is 66.0 Å². The van der Waals surface area contributed by atoms with E-state index >= 15 is 0 Å². The molecule has 0 fully saturated rings. The van der Waals surface area contributed by atoms with Crippen LogP contribution < -0.4 is 14.2 Å². The van der Waals surface area contributed by atoms with Gasteiger partial charge in [0.1, 0.15) is 12.4 Å². The lowest BCUT2D eigenvalue weighted by Crippen LogP contribution is -2.32. The number of ether oxygens (including phenoxy) is 3. The van der Waals surface area contributed by atoms with E-state index in [-0.39, 0.29) is 24.6 Å². The number of aromatic nitrogens is 1. The molecule has 0 unspecified atom stereocenters. The lowest BCUT2D eigenvalue weighted by molar-refractivity contribution is 0.279. The predicted molar refractivity (Wildman–Crippen MR) is 112 cm³/mol. The molecule has 0 aliphatic carbocycles. The summed E-state index contributed by atoms with van der Waals surface area (Å²) in [7, 11) is -0.865. The third kappa shape index (κ3) is 4.19. The standard InChI is InChI=1S/C22H21FN2O5S/c1-28-20-12-15(19-7-4-8-21(24-19)29-2)11-16-14-25(9-10-30-22(16)20)31(26,27)18-6-3-5-17(23)13-18/h3-8,11-13H,9-10,14H2,1-2H3. The Hall–Kier alpha value is -3.17. The Bertz CT molecular complexity index is 1220. The minimum atomic E-state index is -3.92. The first-order valence-electron chi connectivity index (χ1n) is 9.53. The van der Waals surface area contributed by atoms with Gasteiger partial charge in [-0.05, 0) is 36.4 Å². The van der Waals surface area contributed by atoms with Crippen molar-refractivity contribution in [3.63, 3.8) is 0 Å². The van der Waals surface area contributed by atoms with Crippen LogP contribution in [0.1, 0.15) is 5.56 Å². The van der Waals surface area contributed by atoms with E-state index in [1.165, 1.54) is 36.7 Å². The molecule has 1 aromatic heterocycles. The molecular formula is C22H21FN2O5S. The van der Waals surface area contributed by atoms with Crippen molar-refractivity contribution in [2.75, 3.05) is 27.4 Å². The molecule has 4 rings (SSSR count). The van der Waals surface area contributed by atoms with Crippen LogP contribution in [0.5, 0.6) is 17.4 Å². The second-order valence-corrected chi connectivity index (χ2v) is 8.81. The van der Waals surface area contributed by atoms with Crippen molar-refractivity contribution in [2.24, 2.45) is 0 Å². The third-order valence-corrected chi connectivity index (χ3v) is 6.79. The Morgan fingerprint density at radius 3 is 2.61 bits per heavy atom. The second kappa shape index (κ2) is 8.52. The first kappa shape index (κ1) is 21.1. The Labute approximate surface area is 180 Å². The zero-order valence-corrected chi connectivity index (χ0v) is 17.9. The molecule has 1 aliphatic heterocycles. The zero-order valence-electron chi connectivity index (χ0n) is 17.0. The smallest absolute Gasteiger partial charge is 0.243 e. The topological polar surface area (TPSA) is 78.0 Å². The normalized spacial score (nSPS) is 14.3. The molecule has 2 heterocycles. The first-order valence-corrected chi connectivity index (χ1v) is 11.0. The molecule has 162 valence electrons. The van der Waals surface area contributed by atoms with Crippen LogP contribution in [0.15, 0.2) is 59.5 Å². The molecule has 0 spiro atoms. The van der Waals surface area contributed by atoms with Gasteiger partial charge in [-0.3, -0.25) is 0 Å². The lowest BCUT2D eigenvalue weighted by Gasteiger charge is -2.20. The minimum absolute atomic E-state index is 0.0440. The molecule has 0 saturated heterocycles. The van der Waals surface area contributed by atoms with Crippen LogP contribution in [-0.2, 0) is 16.6 Å². The van der Waals surface area contributed by atoms with Gasteiger partial charge in [-0.25, -0.2) is 17.8 Å². The van der Waals surface area contributed by atoms with Crippen molar-refractivity contribution in [2.45, 2.75) is 11.4 Å². The highest BCUT2D eigenvalue weighted by Crippen LogP contribution is 2.39. The summed E-state index contributed by atoms with van der Waals surface area (Å²) in [4.78, 5) is 4.34. The number of nitrogens with zero attached hydrogens (tertiary/aromatic N) is 2. The summed E-state index contributed by atoms with van der Waals surface area (Å²) in [6.45, 7) is 0.292. The van der Waals surface area contributed by atoms with Crippen LogP contribution in [0.25, 0.3) is 11.3 Å². The van der Waals surface area contributed by atoms with E-state index in [2.05, 4.69) is 4.98 Å². The van der Waals surface area contributed by atoms with Crippen molar-refractivity contribution in [1.82, 2.24) is 9.29 Å². The first-order chi connectivity index (χ1) is 14.9. The summed E-state index contributed by atoms with van der Waals surface area (Å²) in [6.07, 6.45) is 0. The van der Waals surface area contributed by atoms with Crippen LogP contribution in [0.4, 0.5) is 4.39 Å². The maximum absolute atomic E-state index is 13.6. The molecule has 3 aromatic rings. The summed E-state index contributed by atoms with van der Waals surface area (Å²) in [6, 6.07) is 14.0. The average molecular weight is 444 g/mol. The van der Waals surface area contributed by atoms with Crippen LogP contribution in [0.3, 0.4) is 0 Å². The van der Waals surface area contributed by atoms with Crippen LogP contribution >= 0.6 is 0 Å². The summed E-state index contributed by atoms with van der Waals surface area (Å²) in [5, 5.41) is 0. The SMILES string of the molecule is COc1cccc(-c2cc3c(c(OC)c2)OCCN(S(=O)(=O)c2cccc(F)c2)C3)n1. The predicted octanol–water partition coefficient (Wildman–Crippen LogP) is 3.49. The average Bonchev–Trinajstić information content (AvgIpc) is 3.01. The molecule has 0 saturated carbocycles. The van der Waals surface area contributed by atoms with Gasteiger partial charge in [0.15, 0.2) is 11.5 Å². The largest absolute Gasteiger partial charge is 0.493 e. The van der Waals surface area contributed by atoms with E-state index in [0.717, 1.165) is 11.6 Å². The number of sulfonamides is 1. The van der Waals surface area contributed by atoms with Gasteiger partial charge in [0.05, 0.1) is 24.8 Å². The fourth-order valence-electron chi connectivity index (χ4n) is 3.43. The Kier molecular flexibility index (Phi) is 5.79. The van der Waals surface area contributed by atoms with E-state index in [1.54, 1.807) is 12.1 Å². The number of rotatable bonds is 5. The van der Waals surface area contributed by atoms with Crippen LogP contribution in [0, 0.1) is 5.82 Å². The van der Waals surface area contributed by atoms with Crippen molar-refractivity contribution in [3.8, 4) is 28.6 Å². The number of pyridine rings is 1. The fraction of sp³-hybridized carbons (Fsp3) is 0.227. The molecule has 0 N–H and O–H groups in total. The maximum atomic E-state index is 13.6. The molecule has 0 radical (unpaired) electrons. The van der Waals surface area contributed by atoms with Crippen molar-refractivity contribution < 1.29 is 27.0 Å². The number of benzene rings is 2. The van der Waals surface area contributed by atoms with Gasteiger partial charge in [-0.1, -0.05) is 12.1 Å². The van der Waals surface area contributed by atoms with Gasteiger partial charge in [-0.15, -0.1) is 0 Å². The van der Waals surface area contributed by atoms with Gasteiger partial charge in [0.2, 0.25) is 15.9 Å². The number of hydrogen-bond acceptors (Lipinski definition) is 6. The highest BCUT2D eigenvalue weighted by Gasteiger charge is 2.29. The van der Waals surface area contributed by atoms with Gasteiger partial charge >= 0.3 is 0 Å². The van der Waals surface area contributed by atoms with Gasteiger partial charge in [0.25, 0.3) is 0 Å². The molecule has 0 amide bonds. The quantitative estimate of drug-likeness (QED) is 0.600. The summed E-state index contributed by atoms with van der Waals surface area (Å²) < 4.78 is 57.7. The Morgan fingerprint density at radius 1 is 1.06 bits per heavy atom. The molecule has 7 nitrogen and oxygen atoms in total. The third-order valence-electron chi connectivity index (χ3n) is 4.95. The lowest BCUT2D eigenvalue weighted by atomic mass is 10.1. The van der Waals surface area contributed by atoms with Gasteiger partial charge in [0, 0.05) is 30.3 Å². The van der Waals surface area contributed by atoms with E-state index in [9.17, 15) is 12.8 Å². The number of hydrogen-bond donors (Lipinski definition) is 0. The Balaban J connectivity index is 1.77. The number of methoxy groups -OCH3 is 2. The molecule has 9 heteroatoms.